The summed E-state index contributed by atoms with van der Waals surface area (Å²) in [4.78, 5) is 15.2. The summed E-state index contributed by atoms with van der Waals surface area (Å²) < 4.78 is 1.34. The molecule has 0 aliphatic heterocycles. The van der Waals surface area contributed by atoms with E-state index in [9.17, 15) is 4.79 Å². The number of aromatic nitrogens is 2. The first-order chi connectivity index (χ1) is 6.27. The molecule has 5 heteroatoms. The molecule has 13 heavy (non-hydrogen) atoms. The van der Waals surface area contributed by atoms with Crippen molar-refractivity contribution in [2.75, 3.05) is 11.2 Å². The van der Waals surface area contributed by atoms with E-state index >= 15 is 0 Å². The second-order valence-corrected chi connectivity index (χ2v) is 3.13. The molecule has 0 saturated heterocycles. The summed E-state index contributed by atoms with van der Waals surface area (Å²) in [5.74, 6) is 6.29. The molecule has 3 N–H and O–H groups in total. The average Bonchev–Trinajstić information content (AvgIpc) is 2.91. The Labute approximate surface area is 75.6 Å². The van der Waals surface area contributed by atoms with Gasteiger partial charge in [-0.1, -0.05) is 0 Å². The molecule has 1 heterocycles. The van der Waals surface area contributed by atoms with E-state index < -0.39 is 0 Å². The fraction of sp³-hybridized carbons (Fsp3) is 0.375. The van der Waals surface area contributed by atoms with E-state index in [0.717, 1.165) is 12.8 Å². The predicted octanol–water partition coefficient (Wildman–Crippen LogP) is -0.569. The van der Waals surface area contributed by atoms with Crippen LogP contribution in [0.1, 0.15) is 12.8 Å². The molecule has 68 valence electrons. The maximum atomic E-state index is 11.3. The fourth-order valence-corrected chi connectivity index (χ4v) is 1.04. The number of nitrogen functional groups attached to an aromatic ring is 1. The van der Waals surface area contributed by atoms with E-state index in [1.54, 1.807) is 12.4 Å². The van der Waals surface area contributed by atoms with Crippen molar-refractivity contribution in [1.29, 1.82) is 0 Å². The van der Waals surface area contributed by atoms with Crippen LogP contribution in [0, 0.1) is 5.92 Å². The Morgan fingerprint density at radius 1 is 1.69 bits per heavy atom. The molecule has 1 fully saturated rings. The van der Waals surface area contributed by atoms with E-state index in [1.165, 1.54) is 10.9 Å². The zero-order valence-electron chi connectivity index (χ0n) is 7.10. The number of anilines is 1. The molecule has 1 aliphatic rings. The Balaban J connectivity index is 2.08. The molecule has 2 rings (SSSR count). The smallest absolute Gasteiger partial charge is 0.269 e. The Hall–Kier alpha value is -1.65. The fourth-order valence-electron chi connectivity index (χ4n) is 1.04. The van der Waals surface area contributed by atoms with Crippen molar-refractivity contribution in [2.24, 2.45) is 5.92 Å². The summed E-state index contributed by atoms with van der Waals surface area (Å²) in [6.07, 6.45) is 6.64. The topological polar surface area (TPSA) is 71.9 Å². The molecule has 0 spiro atoms. The van der Waals surface area contributed by atoms with Crippen molar-refractivity contribution in [3.63, 3.8) is 0 Å². The molecule has 0 unspecified atom stereocenters. The lowest BCUT2D eigenvalue weighted by atomic mass is 10.4. The van der Waals surface area contributed by atoms with Crippen LogP contribution in [0.5, 0.6) is 0 Å². The van der Waals surface area contributed by atoms with Gasteiger partial charge in [0.05, 0.1) is 12.1 Å². The number of nitrogens with two attached hydrogens (primary N) is 1. The van der Waals surface area contributed by atoms with Gasteiger partial charge in [0, 0.05) is 0 Å². The highest BCUT2D eigenvalue weighted by Gasteiger charge is 2.33. The van der Waals surface area contributed by atoms with Crippen LogP contribution in [-0.2, 0) is 4.79 Å². The number of carbonyl (C=O) groups excluding carboxylic acids is 1. The highest BCUT2D eigenvalue weighted by Crippen LogP contribution is 2.29. The first-order valence-corrected chi connectivity index (χ1v) is 4.19. The molecule has 0 bridgehead atoms. The van der Waals surface area contributed by atoms with Gasteiger partial charge in [-0.2, -0.15) is 0 Å². The quantitative estimate of drug-likeness (QED) is 0.472. The van der Waals surface area contributed by atoms with Gasteiger partial charge in [0.1, 0.15) is 12.4 Å². The summed E-state index contributed by atoms with van der Waals surface area (Å²) in [5.41, 5.74) is 0. The zero-order valence-corrected chi connectivity index (χ0v) is 7.10. The van der Waals surface area contributed by atoms with E-state index in [-0.39, 0.29) is 11.8 Å². The number of nitrogens with one attached hydrogen (secondary N) is 1. The Morgan fingerprint density at radius 2 is 2.46 bits per heavy atom. The SMILES string of the molecule is N[n+]1ccncc1NC(=O)C1CC1. The van der Waals surface area contributed by atoms with Gasteiger partial charge in [0.2, 0.25) is 0 Å². The second-order valence-electron chi connectivity index (χ2n) is 3.13. The molecule has 1 saturated carbocycles. The first-order valence-electron chi connectivity index (χ1n) is 4.19. The number of hydrogen-bond acceptors (Lipinski definition) is 3. The van der Waals surface area contributed by atoms with Gasteiger partial charge in [0.15, 0.2) is 0 Å². The summed E-state index contributed by atoms with van der Waals surface area (Å²) in [7, 11) is 0. The number of hydrogen-bond donors (Lipinski definition) is 2. The van der Waals surface area contributed by atoms with Crippen LogP contribution in [0.2, 0.25) is 0 Å². The molecular weight excluding hydrogens is 168 g/mol. The monoisotopic (exact) mass is 179 g/mol. The van der Waals surface area contributed by atoms with Crippen LogP contribution in [0.25, 0.3) is 0 Å². The van der Waals surface area contributed by atoms with Crippen molar-refractivity contribution in [1.82, 2.24) is 4.98 Å². The van der Waals surface area contributed by atoms with Crippen LogP contribution in [0.3, 0.4) is 0 Å². The minimum Gasteiger partial charge on any atom is -0.269 e. The van der Waals surface area contributed by atoms with E-state index in [2.05, 4.69) is 10.3 Å². The van der Waals surface area contributed by atoms with Gasteiger partial charge >= 0.3 is 11.7 Å². The van der Waals surface area contributed by atoms with Gasteiger partial charge < -0.3 is 0 Å². The third kappa shape index (κ3) is 1.74. The third-order valence-corrected chi connectivity index (χ3v) is 1.99. The molecule has 5 nitrogen and oxygen atoms in total. The van der Waals surface area contributed by atoms with E-state index in [4.69, 9.17) is 5.84 Å². The Kier molecular flexibility index (Phi) is 1.84. The normalized spacial score (nSPS) is 15.4. The lowest BCUT2D eigenvalue weighted by molar-refractivity contribution is -0.624. The van der Waals surface area contributed by atoms with Crippen molar-refractivity contribution in [2.45, 2.75) is 12.8 Å². The number of carbonyl (C=O) groups is 1. The largest absolute Gasteiger partial charge is 0.323 e. The first kappa shape index (κ1) is 7.97. The predicted molar refractivity (Wildman–Crippen MR) is 45.9 cm³/mol. The lowest BCUT2D eigenvalue weighted by Crippen LogP contribution is -2.47. The summed E-state index contributed by atoms with van der Waals surface area (Å²) >= 11 is 0. The molecule has 0 atom stereocenters. The third-order valence-electron chi connectivity index (χ3n) is 1.99. The van der Waals surface area contributed by atoms with Crippen LogP contribution in [0.15, 0.2) is 18.6 Å². The van der Waals surface area contributed by atoms with Crippen LogP contribution < -0.4 is 15.8 Å². The van der Waals surface area contributed by atoms with Crippen LogP contribution in [0.4, 0.5) is 5.82 Å². The minimum atomic E-state index is 0.0344. The van der Waals surface area contributed by atoms with Crippen molar-refractivity contribution in [3.8, 4) is 0 Å². The Bertz CT molecular complexity index is 335. The number of rotatable bonds is 2. The molecule has 0 aromatic carbocycles. The number of amides is 1. The van der Waals surface area contributed by atoms with Gasteiger partial charge in [-0.05, 0) is 12.8 Å². The van der Waals surface area contributed by atoms with Gasteiger partial charge in [-0.3, -0.25) is 10.8 Å². The molecular formula is C8H11N4O+. The van der Waals surface area contributed by atoms with Crippen LogP contribution in [-0.4, -0.2) is 10.9 Å². The Morgan fingerprint density at radius 3 is 3.08 bits per heavy atom. The van der Waals surface area contributed by atoms with Gasteiger partial charge in [-0.15, -0.1) is 4.68 Å². The van der Waals surface area contributed by atoms with Crippen molar-refractivity contribution in [3.05, 3.63) is 18.6 Å². The molecule has 1 aromatic rings. The summed E-state index contributed by atoms with van der Waals surface area (Å²) in [6, 6.07) is 0. The second kappa shape index (κ2) is 3.01. The average molecular weight is 179 g/mol. The van der Waals surface area contributed by atoms with Crippen molar-refractivity contribution >= 4 is 11.7 Å². The van der Waals surface area contributed by atoms with Gasteiger partial charge in [-0.25, -0.2) is 10.1 Å². The minimum absolute atomic E-state index is 0.0344. The molecule has 0 radical (unpaired) electrons. The van der Waals surface area contributed by atoms with Crippen LogP contribution >= 0.6 is 0 Å². The lowest BCUT2D eigenvalue weighted by Gasteiger charge is -1.98. The van der Waals surface area contributed by atoms with E-state index in [0.29, 0.717) is 5.82 Å². The maximum absolute atomic E-state index is 11.3. The van der Waals surface area contributed by atoms with Gasteiger partial charge in [0.25, 0.3) is 0 Å². The van der Waals surface area contributed by atoms with Crippen molar-refractivity contribution < 1.29 is 9.47 Å². The zero-order chi connectivity index (χ0) is 9.26. The summed E-state index contributed by atoms with van der Waals surface area (Å²) in [6.45, 7) is 0. The van der Waals surface area contributed by atoms with E-state index in [1.807, 2.05) is 0 Å². The standard InChI is InChI=1S/C8H10N4O/c9-12-4-3-10-5-7(12)11-8(13)6-1-2-6/h3-6H,1-2,9H2/p+1. The number of nitrogens with zero attached hydrogens (tertiary/aromatic N) is 2. The summed E-state index contributed by atoms with van der Waals surface area (Å²) in [5, 5.41) is 2.71. The molecule has 1 amide bonds. The highest BCUT2D eigenvalue weighted by molar-refractivity contribution is 5.92. The highest BCUT2D eigenvalue weighted by atomic mass is 16.2. The maximum Gasteiger partial charge on any atom is 0.323 e. The molecule has 1 aromatic heterocycles. The molecule has 1 aliphatic carbocycles.